The third kappa shape index (κ3) is 5.30. The van der Waals surface area contributed by atoms with E-state index < -0.39 is 10.9 Å². The van der Waals surface area contributed by atoms with Gasteiger partial charge in [0.1, 0.15) is 6.54 Å². The Morgan fingerprint density at radius 1 is 1.12 bits per heavy atom. The van der Waals surface area contributed by atoms with Crippen LogP contribution < -0.4 is 10.6 Å². The summed E-state index contributed by atoms with van der Waals surface area (Å²) in [5.41, 5.74) is 1.63. The lowest BCUT2D eigenvalue weighted by Gasteiger charge is -2.12. The number of ether oxygens (including phenoxy) is 1. The van der Waals surface area contributed by atoms with Gasteiger partial charge in [-0.15, -0.1) is 0 Å². The fraction of sp³-hybridized carbons (Fsp3) is 0.222. The molecule has 1 amide bonds. The van der Waals surface area contributed by atoms with Gasteiger partial charge in [0.25, 0.3) is 11.6 Å². The SMILES string of the molecule is CCOC(=O)CNc1ccccc1C(=O)NCc1ccc([N+](=O)[O-])cc1. The predicted octanol–water partition coefficient (Wildman–Crippen LogP) is 2.50. The van der Waals surface area contributed by atoms with Crippen LogP contribution in [0.4, 0.5) is 11.4 Å². The third-order valence-electron chi connectivity index (χ3n) is 3.50. The molecule has 136 valence electrons. The minimum atomic E-state index is -0.478. The van der Waals surface area contributed by atoms with Gasteiger partial charge >= 0.3 is 5.97 Å². The topological polar surface area (TPSA) is 111 Å². The first-order valence-electron chi connectivity index (χ1n) is 8.01. The Labute approximate surface area is 150 Å². The molecule has 26 heavy (non-hydrogen) atoms. The number of nitrogens with zero attached hydrogens (tertiary/aromatic N) is 1. The molecule has 2 aromatic carbocycles. The Morgan fingerprint density at radius 2 is 1.81 bits per heavy atom. The normalized spacial score (nSPS) is 10.0. The summed E-state index contributed by atoms with van der Waals surface area (Å²) in [5.74, 6) is -0.732. The summed E-state index contributed by atoms with van der Waals surface area (Å²) >= 11 is 0. The zero-order valence-corrected chi connectivity index (χ0v) is 14.2. The van der Waals surface area contributed by atoms with E-state index in [0.717, 1.165) is 5.56 Å². The van der Waals surface area contributed by atoms with Crippen LogP contribution in [0.3, 0.4) is 0 Å². The molecule has 0 aliphatic rings. The largest absolute Gasteiger partial charge is 0.465 e. The quantitative estimate of drug-likeness (QED) is 0.427. The van der Waals surface area contributed by atoms with Crippen molar-refractivity contribution in [3.8, 4) is 0 Å². The molecule has 0 fully saturated rings. The van der Waals surface area contributed by atoms with Crippen LogP contribution in [-0.4, -0.2) is 30.0 Å². The van der Waals surface area contributed by atoms with E-state index in [9.17, 15) is 19.7 Å². The second-order valence-electron chi connectivity index (χ2n) is 5.31. The van der Waals surface area contributed by atoms with Crippen molar-refractivity contribution >= 4 is 23.3 Å². The molecule has 0 atom stereocenters. The monoisotopic (exact) mass is 357 g/mol. The number of para-hydroxylation sites is 1. The average Bonchev–Trinajstić information content (AvgIpc) is 2.65. The van der Waals surface area contributed by atoms with Crippen LogP contribution in [0.1, 0.15) is 22.8 Å². The molecule has 0 heterocycles. The van der Waals surface area contributed by atoms with Crippen LogP contribution >= 0.6 is 0 Å². The number of hydrogen-bond donors (Lipinski definition) is 2. The number of esters is 1. The Kier molecular flexibility index (Phi) is 6.67. The minimum absolute atomic E-state index is 0.00594. The first-order chi connectivity index (χ1) is 12.5. The van der Waals surface area contributed by atoms with Crippen LogP contribution in [0.2, 0.25) is 0 Å². The molecule has 2 aromatic rings. The summed E-state index contributed by atoms with van der Waals surface area (Å²) in [7, 11) is 0. The highest BCUT2D eigenvalue weighted by Crippen LogP contribution is 2.16. The molecule has 0 unspecified atom stereocenters. The first kappa shape index (κ1) is 18.9. The maximum Gasteiger partial charge on any atom is 0.325 e. The van der Waals surface area contributed by atoms with E-state index >= 15 is 0 Å². The maximum atomic E-state index is 12.4. The molecule has 0 aliphatic carbocycles. The van der Waals surface area contributed by atoms with Crippen LogP contribution in [0, 0.1) is 10.1 Å². The number of non-ortho nitro benzene ring substituents is 1. The van der Waals surface area contributed by atoms with Gasteiger partial charge in [-0.05, 0) is 24.6 Å². The van der Waals surface area contributed by atoms with E-state index in [2.05, 4.69) is 10.6 Å². The lowest BCUT2D eigenvalue weighted by molar-refractivity contribution is -0.384. The first-order valence-corrected chi connectivity index (χ1v) is 8.01. The number of nitro groups is 1. The van der Waals surface area contributed by atoms with Gasteiger partial charge in [-0.25, -0.2) is 0 Å². The Morgan fingerprint density at radius 3 is 2.46 bits per heavy atom. The van der Waals surface area contributed by atoms with Crippen molar-refractivity contribution in [3.05, 3.63) is 69.8 Å². The maximum absolute atomic E-state index is 12.4. The number of hydrogen-bond acceptors (Lipinski definition) is 6. The Hall–Kier alpha value is -3.42. The third-order valence-corrected chi connectivity index (χ3v) is 3.50. The second kappa shape index (κ2) is 9.16. The lowest BCUT2D eigenvalue weighted by Crippen LogP contribution is -2.25. The number of carbonyl (C=O) groups is 2. The zero-order valence-electron chi connectivity index (χ0n) is 14.2. The Bertz CT molecular complexity index is 790. The van der Waals surface area contributed by atoms with Gasteiger partial charge in [-0.3, -0.25) is 19.7 Å². The van der Waals surface area contributed by atoms with Crippen LogP contribution in [0.25, 0.3) is 0 Å². The van der Waals surface area contributed by atoms with Gasteiger partial charge < -0.3 is 15.4 Å². The number of anilines is 1. The average molecular weight is 357 g/mol. The van der Waals surface area contributed by atoms with E-state index in [0.29, 0.717) is 11.3 Å². The fourth-order valence-electron chi connectivity index (χ4n) is 2.23. The highest BCUT2D eigenvalue weighted by molar-refractivity contribution is 5.99. The Balaban J connectivity index is 1.98. The second-order valence-corrected chi connectivity index (χ2v) is 5.31. The standard InChI is InChI=1S/C18H19N3O5/c1-2-26-17(22)12-19-16-6-4-3-5-15(16)18(23)20-11-13-7-9-14(10-8-13)21(24)25/h3-10,19H,2,11-12H2,1H3,(H,20,23). The molecule has 2 rings (SSSR count). The van der Waals surface area contributed by atoms with Crippen molar-refractivity contribution in [1.29, 1.82) is 0 Å². The molecular weight excluding hydrogens is 338 g/mol. The highest BCUT2D eigenvalue weighted by Gasteiger charge is 2.12. The van der Waals surface area contributed by atoms with Crippen LogP contribution in [0.5, 0.6) is 0 Å². The van der Waals surface area contributed by atoms with Crippen molar-refractivity contribution in [2.24, 2.45) is 0 Å². The van der Waals surface area contributed by atoms with E-state index in [4.69, 9.17) is 4.74 Å². The van der Waals surface area contributed by atoms with E-state index in [1.807, 2.05) is 0 Å². The molecule has 0 spiro atoms. The molecule has 0 radical (unpaired) electrons. The summed E-state index contributed by atoms with van der Waals surface area (Å²) in [6.07, 6.45) is 0. The summed E-state index contributed by atoms with van der Waals surface area (Å²) in [5, 5.41) is 16.3. The molecule has 8 heteroatoms. The van der Waals surface area contributed by atoms with E-state index in [1.165, 1.54) is 12.1 Å². The van der Waals surface area contributed by atoms with Crippen molar-refractivity contribution in [1.82, 2.24) is 5.32 Å². The van der Waals surface area contributed by atoms with Crippen molar-refractivity contribution < 1.29 is 19.2 Å². The fourth-order valence-corrected chi connectivity index (χ4v) is 2.23. The molecule has 0 aliphatic heterocycles. The van der Waals surface area contributed by atoms with Gasteiger partial charge in [0, 0.05) is 24.4 Å². The molecule has 0 bridgehead atoms. The molecule has 0 saturated heterocycles. The zero-order chi connectivity index (χ0) is 18.9. The lowest BCUT2D eigenvalue weighted by atomic mass is 10.1. The van der Waals surface area contributed by atoms with Crippen LogP contribution in [0.15, 0.2) is 48.5 Å². The number of amides is 1. The van der Waals surface area contributed by atoms with E-state index in [1.54, 1.807) is 43.3 Å². The van der Waals surface area contributed by atoms with Gasteiger partial charge in [-0.2, -0.15) is 0 Å². The van der Waals surface area contributed by atoms with Gasteiger partial charge in [-0.1, -0.05) is 24.3 Å². The van der Waals surface area contributed by atoms with Crippen molar-refractivity contribution in [2.45, 2.75) is 13.5 Å². The number of nitrogens with one attached hydrogen (secondary N) is 2. The molecule has 0 saturated carbocycles. The van der Waals surface area contributed by atoms with Gasteiger partial charge in [0.15, 0.2) is 0 Å². The molecule has 2 N–H and O–H groups in total. The predicted molar refractivity (Wildman–Crippen MR) is 95.8 cm³/mol. The molecule has 0 aromatic heterocycles. The molecule has 8 nitrogen and oxygen atoms in total. The summed E-state index contributed by atoms with van der Waals surface area (Å²) in [6, 6.07) is 12.7. The van der Waals surface area contributed by atoms with Gasteiger partial charge in [0.2, 0.25) is 0 Å². The van der Waals surface area contributed by atoms with Crippen LogP contribution in [-0.2, 0) is 16.1 Å². The summed E-state index contributed by atoms with van der Waals surface area (Å²) in [4.78, 5) is 34.0. The number of rotatable bonds is 8. The minimum Gasteiger partial charge on any atom is -0.465 e. The number of nitro benzene ring substituents is 1. The molecular formula is C18H19N3O5. The van der Waals surface area contributed by atoms with Crippen molar-refractivity contribution in [2.75, 3.05) is 18.5 Å². The summed E-state index contributed by atoms with van der Waals surface area (Å²) in [6.45, 7) is 2.19. The smallest absolute Gasteiger partial charge is 0.325 e. The number of benzene rings is 2. The van der Waals surface area contributed by atoms with Gasteiger partial charge in [0.05, 0.1) is 17.1 Å². The summed E-state index contributed by atoms with van der Waals surface area (Å²) < 4.78 is 4.85. The highest BCUT2D eigenvalue weighted by atomic mass is 16.6. The van der Waals surface area contributed by atoms with Crippen molar-refractivity contribution in [3.63, 3.8) is 0 Å². The van der Waals surface area contributed by atoms with E-state index in [-0.39, 0.29) is 31.3 Å². The number of carbonyl (C=O) groups excluding carboxylic acids is 2.